The third-order valence-electron chi connectivity index (χ3n) is 3.48. The van der Waals surface area contributed by atoms with Gasteiger partial charge in [-0.05, 0) is 31.0 Å². The quantitative estimate of drug-likeness (QED) is 0.901. The molecule has 1 aromatic carbocycles. The Kier molecular flexibility index (Phi) is 4.71. The van der Waals surface area contributed by atoms with E-state index < -0.39 is 0 Å². The smallest absolute Gasteiger partial charge is 0.161 e. The van der Waals surface area contributed by atoms with Crippen molar-refractivity contribution in [2.75, 3.05) is 27.4 Å². The molecule has 106 valence electrons. The second kappa shape index (κ2) is 6.11. The first-order valence-electron chi connectivity index (χ1n) is 6.31. The molecule has 1 atom stereocenters. The highest BCUT2D eigenvalue weighted by Crippen LogP contribution is 2.33. The van der Waals surface area contributed by atoms with Gasteiger partial charge in [-0.15, -0.1) is 0 Å². The van der Waals surface area contributed by atoms with Gasteiger partial charge in [0.25, 0.3) is 0 Å². The van der Waals surface area contributed by atoms with E-state index >= 15 is 0 Å². The van der Waals surface area contributed by atoms with Crippen molar-refractivity contribution >= 4 is 15.9 Å². The highest BCUT2D eigenvalue weighted by Gasteiger charge is 2.29. The lowest BCUT2D eigenvalue weighted by Crippen LogP contribution is -2.42. The second-order valence-corrected chi connectivity index (χ2v) is 5.87. The monoisotopic (exact) mass is 329 g/mol. The third kappa shape index (κ3) is 3.41. The fourth-order valence-electron chi connectivity index (χ4n) is 2.15. The Morgan fingerprint density at radius 2 is 2.00 bits per heavy atom. The van der Waals surface area contributed by atoms with Gasteiger partial charge in [-0.2, -0.15) is 0 Å². The summed E-state index contributed by atoms with van der Waals surface area (Å²) in [5.74, 6) is 1.48. The van der Waals surface area contributed by atoms with Crippen molar-refractivity contribution < 1.29 is 14.2 Å². The van der Waals surface area contributed by atoms with Gasteiger partial charge in [0.05, 0.1) is 20.8 Å². The van der Waals surface area contributed by atoms with Crippen LogP contribution < -0.4 is 14.8 Å². The molecule has 2 rings (SSSR count). The van der Waals surface area contributed by atoms with Crippen LogP contribution in [0.15, 0.2) is 16.6 Å². The van der Waals surface area contributed by atoms with Crippen molar-refractivity contribution in [3.63, 3.8) is 0 Å². The predicted octanol–water partition coefficient (Wildman–Crippen LogP) is 2.73. The third-order valence-corrected chi connectivity index (χ3v) is 4.22. The van der Waals surface area contributed by atoms with E-state index in [0.717, 1.165) is 47.7 Å². The van der Waals surface area contributed by atoms with Crippen molar-refractivity contribution in [1.82, 2.24) is 5.32 Å². The molecule has 0 aromatic heterocycles. The van der Waals surface area contributed by atoms with E-state index in [-0.39, 0.29) is 5.54 Å². The van der Waals surface area contributed by atoms with Gasteiger partial charge in [0.1, 0.15) is 0 Å². The predicted molar refractivity (Wildman–Crippen MR) is 77.9 cm³/mol. The Balaban J connectivity index is 2.11. The summed E-state index contributed by atoms with van der Waals surface area (Å²) in [5, 5.41) is 3.55. The molecule has 0 saturated carbocycles. The van der Waals surface area contributed by atoms with Gasteiger partial charge in [0.15, 0.2) is 11.5 Å². The van der Waals surface area contributed by atoms with Crippen molar-refractivity contribution in [3.8, 4) is 11.5 Å². The van der Waals surface area contributed by atoms with Crippen LogP contribution in [-0.4, -0.2) is 33.0 Å². The molecule has 1 heterocycles. The molecule has 0 radical (unpaired) electrons. The molecule has 1 aliphatic rings. The average Bonchev–Trinajstić information content (AvgIpc) is 2.84. The van der Waals surface area contributed by atoms with E-state index in [0.29, 0.717) is 0 Å². The highest BCUT2D eigenvalue weighted by molar-refractivity contribution is 9.10. The Morgan fingerprint density at radius 1 is 1.32 bits per heavy atom. The molecule has 1 aromatic rings. The van der Waals surface area contributed by atoms with Gasteiger partial charge in [-0.1, -0.05) is 15.9 Å². The molecule has 19 heavy (non-hydrogen) atoms. The van der Waals surface area contributed by atoms with E-state index in [1.807, 2.05) is 12.1 Å². The number of ether oxygens (including phenoxy) is 3. The van der Waals surface area contributed by atoms with Crippen LogP contribution in [-0.2, 0) is 11.3 Å². The summed E-state index contributed by atoms with van der Waals surface area (Å²) >= 11 is 3.57. The van der Waals surface area contributed by atoms with Crippen LogP contribution in [0.3, 0.4) is 0 Å². The number of halogens is 1. The van der Waals surface area contributed by atoms with Crippen LogP contribution >= 0.6 is 15.9 Å². The topological polar surface area (TPSA) is 39.7 Å². The van der Waals surface area contributed by atoms with E-state index in [2.05, 4.69) is 28.2 Å². The number of benzene rings is 1. The molecule has 0 amide bonds. The molecule has 1 aliphatic heterocycles. The van der Waals surface area contributed by atoms with E-state index in [1.165, 1.54) is 0 Å². The first-order chi connectivity index (χ1) is 9.08. The Hall–Kier alpha value is -0.780. The first kappa shape index (κ1) is 14.6. The van der Waals surface area contributed by atoms with Gasteiger partial charge in [-0.25, -0.2) is 0 Å². The Bertz CT molecular complexity index is 445. The second-order valence-electron chi connectivity index (χ2n) is 5.02. The lowest BCUT2D eigenvalue weighted by atomic mass is 10.0. The minimum atomic E-state index is 0.0621. The summed E-state index contributed by atoms with van der Waals surface area (Å²) in [4.78, 5) is 0. The minimum Gasteiger partial charge on any atom is -0.493 e. The van der Waals surface area contributed by atoms with Crippen LogP contribution in [0.5, 0.6) is 11.5 Å². The number of hydrogen-bond donors (Lipinski definition) is 1. The molecule has 5 heteroatoms. The molecular weight excluding hydrogens is 310 g/mol. The molecule has 1 N–H and O–H groups in total. The standard InChI is InChI=1S/C14H20BrNO3/c1-14(4-5-19-9-14)16-8-10-6-12(17-2)13(18-3)7-11(10)15/h6-7,16H,4-5,8-9H2,1-3H3. The van der Waals surface area contributed by atoms with Crippen molar-refractivity contribution in [2.24, 2.45) is 0 Å². The zero-order valence-corrected chi connectivity index (χ0v) is 13.2. The maximum Gasteiger partial charge on any atom is 0.161 e. The first-order valence-corrected chi connectivity index (χ1v) is 7.10. The SMILES string of the molecule is COc1cc(Br)c(CNC2(C)CCOC2)cc1OC. The van der Waals surface area contributed by atoms with Gasteiger partial charge in [0, 0.05) is 23.2 Å². The van der Waals surface area contributed by atoms with Crippen LogP contribution in [0, 0.1) is 0 Å². The zero-order valence-electron chi connectivity index (χ0n) is 11.6. The van der Waals surface area contributed by atoms with Gasteiger partial charge < -0.3 is 19.5 Å². The molecule has 4 nitrogen and oxygen atoms in total. The van der Waals surface area contributed by atoms with Gasteiger partial charge >= 0.3 is 0 Å². The highest BCUT2D eigenvalue weighted by atomic mass is 79.9. The molecule has 1 fully saturated rings. The fraction of sp³-hybridized carbons (Fsp3) is 0.571. The van der Waals surface area contributed by atoms with Crippen molar-refractivity contribution in [3.05, 3.63) is 22.2 Å². The van der Waals surface area contributed by atoms with Gasteiger partial charge in [-0.3, -0.25) is 0 Å². The Labute approximate surface area is 122 Å². The number of rotatable bonds is 5. The summed E-state index contributed by atoms with van der Waals surface area (Å²) in [7, 11) is 3.29. The van der Waals surface area contributed by atoms with Gasteiger partial charge in [0.2, 0.25) is 0 Å². The van der Waals surface area contributed by atoms with E-state index in [1.54, 1.807) is 14.2 Å². The van der Waals surface area contributed by atoms with E-state index in [4.69, 9.17) is 14.2 Å². The lowest BCUT2D eigenvalue weighted by Gasteiger charge is -2.24. The Morgan fingerprint density at radius 3 is 2.58 bits per heavy atom. The maximum absolute atomic E-state index is 5.44. The fourth-order valence-corrected chi connectivity index (χ4v) is 2.61. The summed E-state index contributed by atoms with van der Waals surface area (Å²) < 4.78 is 17.1. The van der Waals surface area contributed by atoms with Crippen LogP contribution in [0.25, 0.3) is 0 Å². The largest absolute Gasteiger partial charge is 0.493 e. The summed E-state index contributed by atoms with van der Waals surface area (Å²) in [6, 6.07) is 3.93. The molecule has 1 saturated heterocycles. The number of hydrogen-bond acceptors (Lipinski definition) is 4. The minimum absolute atomic E-state index is 0.0621. The van der Waals surface area contributed by atoms with Crippen LogP contribution in [0.2, 0.25) is 0 Å². The van der Waals surface area contributed by atoms with E-state index in [9.17, 15) is 0 Å². The summed E-state index contributed by atoms with van der Waals surface area (Å²) in [5.41, 5.74) is 1.21. The number of nitrogens with one attached hydrogen (secondary N) is 1. The average molecular weight is 330 g/mol. The number of methoxy groups -OCH3 is 2. The zero-order chi connectivity index (χ0) is 13.9. The van der Waals surface area contributed by atoms with Crippen LogP contribution in [0.1, 0.15) is 18.9 Å². The maximum atomic E-state index is 5.44. The summed E-state index contributed by atoms with van der Waals surface area (Å²) in [6.45, 7) is 4.55. The summed E-state index contributed by atoms with van der Waals surface area (Å²) in [6.07, 6.45) is 1.04. The molecule has 1 unspecified atom stereocenters. The molecule has 0 aliphatic carbocycles. The molecule has 0 bridgehead atoms. The lowest BCUT2D eigenvalue weighted by molar-refractivity contribution is 0.171. The molecular formula is C14H20BrNO3. The van der Waals surface area contributed by atoms with Crippen molar-refractivity contribution in [1.29, 1.82) is 0 Å². The normalized spacial score (nSPS) is 22.5. The van der Waals surface area contributed by atoms with Crippen molar-refractivity contribution in [2.45, 2.75) is 25.4 Å². The molecule has 0 spiro atoms. The van der Waals surface area contributed by atoms with Crippen LogP contribution in [0.4, 0.5) is 0 Å².